The van der Waals surface area contributed by atoms with Crippen LogP contribution in [0.4, 0.5) is 0 Å². The van der Waals surface area contributed by atoms with Crippen LogP contribution in [0.3, 0.4) is 0 Å². The van der Waals surface area contributed by atoms with Gasteiger partial charge in [0.1, 0.15) is 0 Å². The first kappa shape index (κ1) is 19.3. The molecule has 1 amide bonds. The van der Waals surface area contributed by atoms with Gasteiger partial charge in [-0.25, -0.2) is 10.2 Å². The van der Waals surface area contributed by atoms with Crippen LogP contribution in [0.25, 0.3) is 0 Å². The molecule has 2 aromatic carbocycles. The van der Waals surface area contributed by atoms with E-state index < -0.39 is 12.1 Å². The Morgan fingerprint density at radius 1 is 1.19 bits per heavy atom. The zero-order valence-electron chi connectivity index (χ0n) is 14.1. The van der Waals surface area contributed by atoms with Crippen molar-refractivity contribution in [2.24, 2.45) is 5.10 Å². The number of hydrogen-bond acceptors (Lipinski definition) is 5. The van der Waals surface area contributed by atoms with Gasteiger partial charge in [-0.1, -0.05) is 11.6 Å². The molecule has 2 aromatic rings. The Morgan fingerprint density at radius 2 is 1.88 bits per heavy atom. The molecule has 0 aliphatic heterocycles. The van der Waals surface area contributed by atoms with Gasteiger partial charge in [0.05, 0.1) is 13.3 Å². The lowest BCUT2D eigenvalue weighted by molar-refractivity contribution is -0.144. The predicted molar refractivity (Wildman–Crippen MR) is 97.2 cm³/mol. The van der Waals surface area contributed by atoms with Crippen molar-refractivity contribution >= 4 is 29.7 Å². The van der Waals surface area contributed by atoms with E-state index in [4.69, 9.17) is 26.2 Å². The van der Waals surface area contributed by atoms with E-state index in [0.29, 0.717) is 27.6 Å². The highest BCUT2D eigenvalue weighted by Crippen LogP contribution is 2.28. The minimum atomic E-state index is -1.08. The fourth-order valence-electron chi connectivity index (χ4n) is 1.93. The minimum Gasteiger partial charge on any atom is -0.493 e. The van der Waals surface area contributed by atoms with Gasteiger partial charge >= 0.3 is 5.97 Å². The number of aliphatic carboxylic acids is 1. The molecule has 0 bridgehead atoms. The molecule has 0 aromatic heterocycles. The van der Waals surface area contributed by atoms with Gasteiger partial charge < -0.3 is 14.6 Å². The largest absolute Gasteiger partial charge is 0.493 e. The van der Waals surface area contributed by atoms with Gasteiger partial charge in [0.25, 0.3) is 5.91 Å². The van der Waals surface area contributed by atoms with Crippen LogP contribution in [-0.4, -0.2) is 36.4 Å². The summed E-state index contributed by atoms with van der Waals surface area (Å²) in [7, 11) is 1.44. The maximum Gasteiger partial charge on any atom is 0.344 e. The molecular formula is C18H17ClN2O5. The monoisotopic (exact) mass is 376 g/mol. The quantitative estimate of drug-likeness (QED) is 0.572. The maximum atomic E-state index is 11.9. The summed E-state index contributed by atoms with van der Waals surface area (Å²) in [5.74, 6) is -0.807. The van der Waals surface area contributed by atoms with E-state index in [1.807, 2.05) is 0 Å². The van der Waals surface area contributed by atoms with Crippen molar-refractivity contribution < 1.29 is 24.2 Å². The average molecular weight is 377 g/mol. The normalized spacial score (nSPS) is 11.8. The van der Waals surface area contributed by atoms with Crippen molar-refractivity contribution in [1.29, 1.82) is 0 Å². The molecular weight excluding hydrogens is 360 g/mol. The second kappa shape index (κ2) is 8.87. The maximum absolute atomic E-state index is 11.9. The molecule has 0 unspecified atom stereocenters. The molecule has 26 heavy (non-hydrogen) atoms. The minimum absolute atomic E-state index is 0.296. The lowest BCUT2D eigenvalue weighted by atomic mass is 10.2. The van der Waals surface area contributed by atoms with E-state index in [1.54, 1.807) is 42.5 Å². The smallest absolute Gasteiger partial charge is 0.344 e. The molecule has 0 spiro atoms. The van der Waals surface area contributed by atoms with Crippen LogP contribution in [0.15, 0.2) is 47.6 Å². The molecule has 0 radical (unpaired) electrons. The van der Waals surface area contributed by atoms with Gasteiger partial charge in [0.2, 0.25) is 0 Å². The number of benzene rings is 2. The summed E-state index contributed by atoms with van der Waals surface area (Å²) in [6.07, 6.45) is 0.419. The van der Waals surface area contributed by atoms with Crippen LogP contribution < -0.4 is 14.9 Å². The Hall–Kier alpha value is -3.06. The molecule has 2 rings (SSSR count). The summed E-state index contributed by atoms with van der Waals surface area (Å²) in [6.45, 7) is 1.42. The number of nitrogens with one attached hydrogen (secondary N) is 1. The van der Waals surface area contributed by atoms with Crippen molar-refractivity contribution in [3.63, 3.8) is 0 Å². The molecule has 0 aliphatic carbocycles. The fourth-order valence-corrected chi connectivity index (χ4v) is 2.06. The second-order valence-electron chi connectivity index (χ2n) is 5.21. The van der Waals surface area contributed by atoms with Crippen LogP contribution in [0.5, 0.6) is 11.5 Å². The third-order valence-corrected chi connectivity index (χ3v) is 3.58. The molecule has 0 aliphatic rings. The Morgan fingerprint density at radius 3 is 2.50 bits per heavy atom. The van der Waals surface area contributed by atoms with Crippen molar-refractivity contribution in [1.82, 2.24) is 5.43 Å². The van der Waals surface area contributed by atoms with Gasteiger partial charge in [-0.2, -0.15) is 5.10 Å². The number of methoxy groups -OCH3 is 1. The summed E-state index contributed by atoms with van der Waals surface area (Å²) in [5, 5.41) is 13.3. The number of carbonyl (C=O) groups excluding carboxylic acids is 1. The van der Waals surface area contributed by atoms with E-state index in [0.717, 1.165) is 0 Å². The third-order valence-electron chi connectivity index (χ3n) is 3.33. The van der Waals surface area contributed by atoms with Crippen molar-refractivity contribution in [2.45, 2.75) is 13.0 Å². The highest BCUT2D eigenvalue weighted by molar-refractivity contribution is 6.30. The molecule has 1 atom stereocenters. The van der Waals surface area contributed by atoms with Gasteiger partial charge in [-0.3, -0.25) is 4.79 Å². The topological polar surface area (TPSA) is 97.2 Å². The summed E-state index contributed by atoms with van der Waals surface area (Å²) >= 11 is 5.77. The Kier molecular flexibility index (Phi) is 6.57. The number of ether oxygens (including phenoxy) is 2. The molecule has 2 N–H and O–H groups in total. The molecule has 136 valence electrons. The molecule has 0 saturated carbocycles. The molecule has 0 fully saturated rings. The number of carboxylic acid groups (broad SMARTS) is 1. The third kappa shape index (κ3) is 5.22. The number of nitrogens with zero attached hydrogens (tertiary/aromatic N) is 1. The zero-order valence-corrected chi connectivity index (χ0v) is 14.9. The zero-order chi connectivity index (χ0) is 19.1. The van der Waals surface area contributed by atoms with Crippen molar-refractivity contribution in [3.8, 4) is 11.5 Å². The Balaban J connectivity index is 2.04. The first-order valence-electron chi connectivity index (χ1n) is 7.57. The molecule has 0 saturated heterocycles. The van der Waals surface area contributed by atoms with E-state index in [2.05, 4.69) is 10.5 Å². The highest BCUT2D eigenvalue weighted by Gasteiger charge is 2.15. The van der Waals surface area contributed by atoms with Gasteiger partial charge in [0.15, 0.2) is 17.6 Å². The lowest BCUT2D eigenvalue weighted by Crippen LogP contribution is -2.23. The van der Waals surface area contributed by atoms with Gasteiger partial charge in [0, 0.05) is 10.6 Å². The first-order chi connectivity index (χ1) is 12.4. The number of hydrazone groups is 1. The first-order valence-corrected chi connectivity index (χ1v) is 7.95. The fraction of sp³-hybridized carbons (Fsp3) is 0.167. The summed E-state index contributed by atoms with van der Waals surface area (Å²) < 4.78 is 10.5. The van der Waals surface area contributed by atoms with Crippen molar-refractivity contribution in [3.05, 3.63) is 58.6 Å². The van der Waals surface area contributed by atoms with Gasteiger partial charge in [-0.05, 0) is 55.0 Å². The van der Waals surface area contributed by atoms with E-state index in [1.165, 1.54) is 20.2 Å². The van der Waals surface area contributed by atoms with Crippen LogP contribution >= 0.6 is 11.6 Å². The Bertz CT molecular complexity index is 821. The van der Waals surface area contributed by atoms with Gasteiger partial charge in [-0.15, -0.1) is 0 Å². The van der Waals surface area contributed by atoms with E-state index in [-0.39, 0.29) is 5.91 Å². The average Bonchev–Trinajstić information content (AvgIpc) is 2.63. The van der Waals surface area contributed by atoms with Crippen molar-refractivity contribution in [2.75, 3.05) is 7.11 Å². The summed E-state index contributed by atoms with van der Waals surface area (Å²) in [5.41, 5.74) is 3.46. The summed E-state index contributed by atoms with van der Waals surface area (Å²) in [6, 6.07) is 11.2. The number of amides is 1. The lowest BCUT2D eigenvalue weighted by Gasteiger charge is -2.13. The second-order valence-corrected chi connectivity index (χ2v) is 5.65. The Labute approximate surface area is 155 Å². The molecule has 0 heterocycles. The van der Waals surface area contributed by atoms with Crippen LogP contribution in [0.2, 0.25) is 5.02 Å². The van der Waals surface area contributed by atoms with Crippen LogP contribution in [-0.2, 0) is 4.79 Å². The highest BCUT2D eigenvalue weighted by atomic mass is 35.5. The van der Waals surface area contributed by atoms with Crippen LogP contribution in [0.1, 0.15) is 22.8 Å². The van der Waals surface area contributed by atoms with Crippen LogP contribution in [0, 0.1) is 0 Å². The SMILES string of the molecule is COc1cc(/C=N\NC(=O)c2ccc(Cl)cc2)ccc1O[C@@H](C)C(=O)O. The predicted octanol–water partition coefficient (Wildman–Crippen LogP) is 2.96. The van der Waals surface area contributed by atoms with E-state index >= 15 is 0 Å². The number of halogens is 1. The standard InChI is InChI=1S/C18H17ClN2O5/c1-11(18(23)24)26-15-8-3-12(9-16(15)25-2)10-20-21-17(22)13-4-6-14(19)7-5-13/h3-11H,1-2H3,(H,21,22)(H,23,24)/b20-10-/t11-/m0/s1. The van der Waals surface area contributed by atoms with E-state index in [9.17, 15) is 9.59 Å². The number of carboxylic acids is 1. The molecule has 8 heteroatoms. The number of carbonyl (C=O) groups is 2. The summed E-state index contributed by atoms with van der Waals surface area (Å²) in [4.78, 5) is 22.8. The number of rotatable bonds is 7. The number of hydrogen-bond donors (Lipinski definition) is 2. The molecule has 7 nitrogen and oxygen atoms in total.